The predicted molar refractivity (Wildman–Crippen MR) is 54.8 cm³/mol. The fraction of sp³-hybridized carbons (Fsp3) is 0.500. The monoisotopic (exact) mass is 180 g/mol. The standard InChI is InChI=1S/C10H16N2O/c1-3-5-8-6-7-9(11)10(13)12(8)4-2/h6-7H,3-5,11H2,1-2H3. The summed E-state index contributed by atoms with van der Waals surface area (Å²) >= 11 is 0. The van der Waals surface area contributed by atoms with Crippen molar-refractivity contribution < 1.29 is 0 Å². The average molecular weight is 180 g/mol. The van der Waals surface area contributed by atoms with Gasteiger partial charge < -0.3 is 10.3 Å². The van der Waals surface area contributed by atoms with Crippen LogP contribution in [0.25, 0.3) is 0 Å². The zero-order valence-corrected chi connectivity index (χ0v) is 8.21. The molecule has 1 rings (SSSR count). The van der Waals surface area contributed by atoms with Crippen LogP contribution in [0.3, 0.4) is 0 Å². The first-order valence-corrected chi connectivity index (χ1v) is 4.68. The van der Waals surface area contributed by atoms with Gasteiger partial charge in [0.05, 0.1) is 5.69 Å². The van der Waals surface area contributed by atoms with Crippen LogP contribution in [-0.2, 0) is 13.0 Å². The molecule has 1 aromatic heterocycles. The summed E-state index contributed by atoms with van der Waals surface area (Å²) in [5.74, 6) is 0. The molecule has 0 unspecified atom stereocenters. The summed E-state index contributed by atoms with van der Waals surface area (Å²) in [6.07, 6.45) is 1.98. The van der Waals surface area contributed by atoms with Gasteiger partial charge in [0.15, 0.2) is 0 Å². The van der Waals surface area contributed by atoms with E-state index >= 15 is 0 Å². The molecule has 0 aliphatic heterocycles. The van der Waals surface area contributed by atoms with Gasteiger partial charge in [0.1, 0.15) is 0 Å². The van der Waals surface area contributed by atoms with Gasteiger partial charge in [-0.05, 0) is 25.5 Å². The van der Waals surface area contributed by atoms with Gasteiger partial charge in [-0.2, -0.15) is 0 Å². The van der Waals surface area contributed by atoms with E-state index in [1.165, 1.54) is 0 Å². The lowest BCUT2D eigenvalue weighted by Gasteiger charge is -2.10. The Kier molecular flexibility index (Phi) is 3.12. The molecular weight excluding hydrogens is 164 g/mol. The third-order valence-electron chi connectivity index (χ3n) is 2.12. The van der Waals surface area contributed by atoms with Crippen molar-refractivity contribution in [3.8, 4) is 0 Å². The number of pyridine rings is 1. The third kappa shape index (κ3) is 1.91. The van der Waals surface area contributed by atoms with Gasteiger partial charge in [-0.15, -0.1) is 0 Å². The molecule has 1 aromatic rings. The van der Waals surface area contributed by atoms with Gasteiger partial charge >= 0.3 is 0 Å². The van der Waals surface area contributed by atoms with Crippen molar-refractivity contribution in [2.45, 2.75) is 33.2 Å². The minimum atomic E-state index is -0.0616. The Morgan fingerprint density at radius 3 is 2.62 bits per heavy atom. The summed E-state index contributed by atoms with van der Waals surface area (Å²) in [4.78, 5) is 11.5. The highest BCUT2D eigenvalue weighted by Crippen LogP contribution is 2.03. The highest BCUT2D eigenvalue weighted by Gasteiger charge is 2.03. The summed E-state index contributed by atoms with van der Waals surface area (Å²) in [6, 6.07) is 3.63. The van der Waals surface area contributed by atoms with E-state index in [1.54, 1.807) is 10.6 Å². The number of nitrogens with two attached hydrogens (primary N) is 1. The fourth-order valence-electron chi connectivity index (χ4n) is 1.45. The van der Waals surface area contributed by atoms with Crippen LogP contribution in [0.4, 0.5) is 5.69 Å². The molecule has 0 aliphatic rings. The number of aryl methyl sites for hydroxylation is 1. The van der Waals surface area contributed by atoms with Crippen molar-refractivity contribution in [1.29, 1.82) is 0 Å². The first-order chi connectivity index (χ1) is 6.20. The molecule has 2 N–H and O–H groups in total. The van der Waals surface area contributed by atoms with Crippen LogP contribution >= 0.6 is 0 Å². The summed E-state index contributed by atoms with van der Waals surface area (Å²) in [7, 11) is 0. The maximum atomic E-state index is 11.5. The molecule has 72 valence electrons. The van der Waals surface area contributed by atoms with Crippen molar-refractivity contribution in [2.24, 2.45) is 0 Å². The predicted octanol–water partition coefficient (Wildman–Crippen LogP) is 1.40. The van der Waals surface area contributed by atoms with E-state index in [4.69, 9.17) is 5.73 Å². The van der Waals surface area contributed by atoms with E-state index in [9.17, 15) is 4.79 Å². The van der Waals surface area contributed by atoms with Crippen molar-refractivity contribution in [3.63, 3.8) is 0 Å². The molecule has 0 radical (unpaired) electrons. The SMILES string of the molecule is CCCc1ccc(N)c(=O)n1CC. The molecule has 0 fully saturated rings. The topological polar surface area (TPSA) is 48.0 Å². The maximum absolute atomic E-state index is 11.5. The number of rotatable bonds is 3. The number of hydrogen-bond donors (Lipinski definition) is 1. The van der Waals surface area contributed by atoms with E-state index in [0.717, 1.165) is 18.5 Å². The van der Waals surface area contributed by atoms with Crippen LogP contribution in [0.5, 0.6) is 0 Å². The van der Waals surface area contributed by atoms with Crippen LogP contribution in [0.1, 0.15) is 26.0 Å². The molecule has 0 spiro atoms. The quantitative estimate of drug-likeness (QED) is 0.764. The van der Waals surface area contributed by atoms with E-state index < -0.39 is 0 Å². The lowest BCUT2D eigenvalue weighted by molar-refractivity contribution is 0.667. The lowest BCUT2D eigenvalue weighted by atomic mass is 10.2. The minimum Gasteiger partial charge on any atom is -0.394 e. The normalized spacial score (nSPS) is 10.3. The van der Waals surface area contributed by atoms with Crippen molar-refractivity contribution >= 4 is 5.69 Å². The van der Waals surface area contributed by atoms with Crippen LogP contribution in [0.15, 0.2) is 16.9 Å². The largest absolute Gasteiger partial charge is 0.394 e. The molecule has 0 aliphatic carbocycles. The van der Waals surface area contributed by atoms with Gasteiger partial charge in [0.25, 0.3) is 5.56 Å². The summed E-state index contributed by atoms with van der Waals surface area (Å²) in [5, 5.41) is 0. The Labute approximate surface area is 78.2 Å². The number of anilines is 1. The molecular formula is C10H16N2O. The summed E-state index contributed by atoms with van der Waals surface area (Å²) < 4.78 is 1.73. The fourth-order valence-corrected chi connectivity index (χ4v) is 1.45. The van der Waals surface area contributed by atoms with E-state index in [2.05, 4.69) is 6.92 Å². The van der Waals surface area contributed by atoms with Gasteiger partial charge in [0.2, 0.25) is 0 Å². The number of nitrogens with zero attached hydrogens (tertiary/aromatic N) is 1. The zero-order chi connectivity index (χ0) is 9.84. The molecule has 3 heteroatoms. The highest BCUT2D eigenvalue weighted by molar-refractivity contribution is 5.35. The number of nitrogen functional groups attached to an aromatic ring is 1. The second-order valence-corrected chi connectivity index (χ2v) is 3.08. The highest BCUT2D eigenvalue weighted by atomic mass is 16.1. The number of hydrogen-bond acceptors (Lipinski definition) is 2. The molecule has 13 heavy (non-hydrogen) atoms. The molecule has 0 amide bonds. The van der Waals surface area contributed by atoms with Gasteiger partial charge in [0, 0.05) is 12.2 Å². The molecule has 0 aromatic carbocycles. The molecule has 0 atom stereocenters. The molecule has 0 saturated heterocycles. The second kappa shape index (κ2) is 4.12. The molecule has 1 heterocycles. The summed E-state index contributed by atoms with van der Waals surface area (Å²) in [6.45, 7) is 4.75. The molecule has 0 saturated carbocycles. The van der Waals surface area contributed by atoms with Crippen LogP contribution in [0.2, 0.25) is 0 Å². The van der Waals surface area contributed by atoms with Crippen molar-refractivity contribution in [2.75, 3.05) is 5.73 Å². The van der Waals surface area contributed by atoms with Crippen LogP contribution in [-0.4, -0.2) is 4.57 Å². The van der Waals surface area contributed by atoms with E-state index in [1.807, 2.05) is 13.0 Å². The average Bonchev–Trinajstić information content (AvgIpc) is 2.12. The van der Waals surface area contributed by atoms with Crippen molar-refractivity contribution in [3.05, 3.63) is 28.2 Å². The van der Waals surface area contributed by atoms with Crippen LogP contribution in [0, 0.1) is 0 Å². The smallest absolute Gasteiger partial charge is 0.273 e. The van der Waals surface area contributed by atoms with E-state index in [-0.39, 0.29) is 5.56 Å². The maximum Gasteiger partial charge on any atom is 0.273 e. The van der Waals surface area contributed by atoms with E-state index in [0.29, 0.717) is 12.2 Å². The zero-order valence-electron chi connectivity index (χ0n) is 8.21. The third-order valence-corrected chi connectivity index (χ3v) is 2.12. The Morgan fingerprint density at radius 1 is 1.38 bits per heavy atom. The Hall–Kier alpha value is -1.25. The van der Waals surface area contributed by atoms with Gasteiger partial charge in [-0.3, -0.25) is 4.79 Å². The van der Waals surface area contributed by atoms with Crippen molar-refractivity contribution in [1.82, 2.24) is 4.57 Å². The Morgan fingerprint density at radius 2 is 2.08 bits per heavy atom. The first-order valence-electron chi connectivity index (χ1n) is 4.68. The van der Waals surface area contributed by atoms with Gasteiger partial charge in [-0.25, -0.2) is 0 Å². The van der Waals surface area contributed by atoms with Crippen LogP contribution < -0.4 is 11.3 Å². The minimum absolute atomic E-state index is 0.0616. The first kappa shape index (κ1) is 9.84. The summed E-state index contributed by atoms with van der Waals surface area (Å²) in [5.41, 5.74) is 6.87. The second-order valence-electron chi connectivity index (χ2n) is 3.08. The lowest BCUT2D eigenvalue weighted by Crippen LogP contribution is -2.24. The number of aromatic nitrogens is 1. The van der Waals surface area contributed by atoms with Gasteiger partial charge in [-0.1, -0.05) is 13.3 Å². The Balaban J connectivity index is 3.22. The Bertz CT molecular complexity index is 341. The molecule has 3 nitrogen and oxygen atoms in total. The molecule has 0 bridgehead atoms.